The number of urea groups is 1. The number of hydrogen-bond acceptors (Lipinski definition) is 3. The number of thiophene rings is 1. The van der Waals surface area contributed by atoms with E-state index in [1.165, 1.54) is 9.78 Å². The summed E-state index contributed by atoms with van der Waals surface area (Å²) in [4.78, 5) is 14.1. The van der Waals surface area contributed by atoms with Crippen LogP contribution in [0, 0.1) is 0 Å². The zero-order valence-electron chi connectivity index (χ0n) is 9.82. The molecule has 1 aromatic heterocycles. The van der Waals surface area contributed by atoms with Crippen molar-refractivity contribution in [1.82, 2.24) is 15.5 Å². The van der Waals surface area contributed by atoms with Crippen LogP contribution in [0.5, 0.6) is 0 Å². The normalized spacial score (nSPS) is 10.1. The molecule has 0 radical (unpaired) electrons. The Kier molecular flexibility index (Phi) is 5.88. The molecule has 0 aliphatic heterocycles. The van der Waals surface area contributed by atoms with Gasteiger partial charge >= 0.3 is 6.03 Å². The molecule has 0 aliphatic rings. The Morgan fingerprint density at radius 1 is 1.38 bits per heavy atom. The summed E-state index contributed by atoms with van der Waals surface area (Å²) in [5.41, 5.74) is 0. The summed E-state index contributed by atoms with van der Waals surface area (Å²) in [5, 5.41) is 8.18. The predicted octanol–water partition coefficient (Wildman–Crippen LogP) is 1.15. The topological polar surface area (TPSA) is 44.4 Å². The average molecular weight is 241 g/mol. The van der Waals surface area contributed by atoms with E-state index >= 15 is 0 Å². The van der Waals surface area contributed by atoms with E-state index in [-0.39, 0.29) is 6.03 Å². The van der Waals surface area contributed by atoms with Gasteiger partial charge in [-0.1, -0.05) is 6.07 Å². The lowest BCUT2D eigenvalue weighted by molar-refractivity contribution is 0.217. The molecule has 4 nitrogen and oxygen atoms in total. The summed E-state index contributed by atoms with van der Waals surface area (Å²) in [6.45, 7) is 2.44. The lowest BCUT2D eigenvalue weighted by Crippen LogP contribution is -2.38. The van der Waals surface area contributed by atoms with Crippen molar-refractivity contribution < 1.29 is 4.79 Å². The number of hydrogen-bond donors (Lipinski definition) is 2. The molecule has 0 spiro atoms. The Morgan fingerprint density at radius 2 is 2.19 bits per heavy atom. The first kappa shape index (κ1) is 13.0. The van der Waals surface area contributed by atoms with Gasteiger partial charge in [0.1, 0.15) is 0 Å². The van der Waals surface area contributed by atoms with Gasteiger partial charge in [0.2, 0.25) is 0 Å². The number of carbonyl (C=O) groups excluding carboxylic acids is 1. The Bertz CT molecular complexity index is 298. The molecule has 2 amide bonds. The lowest BCUT2D eigenvalue weighted by atomic mass is 10.3. The van der Waals surface area contributed by atoms with E-state index in [2.05, 4.69) is 28.1 Å². The summed E-state index contributed by atoms with van der Waals surface area (Å²) in [7, 11) is 3.47. The molecule has 2 N–H and O–H groups in total. The lowest BCUT2D eigenvalue weighted by Gasteiger charge is -2.11. The largest absolute Gasteiger partial charge is 0.337 e. The van der Waals surface area contributed by atoms with Crippen LogP contribution in [0.3, 0.4) is 0 Å². The van der Waals surface area contributed by atoms with Crippen molar-refractivity contribution in [1.29, 1.82) is 0 Å². The number of carbonyl (C=O) groups is 1. The predicted molar refractivity (Wildman–Crippen MR) is 68.0 cm³/mol. The summed E-state index contributed by atoms with van der Waals surface area (Å²) in [6, 6.07) is 4.16. The standard InChI is InChI=1S/C11H19N3OS/c1-14(2)11(15)13-8-7-12-6-5-10-4-3-9-16-10/h3-4,9,12H,5-8H2,1-2H3,(H,13,15). The average Bonchev–Trinajstić information content (AvgIpc) is 2.75. The number of rotatable bonds is 6. The monoisotopic (exact) mass is 241 g/mol. The highest BCUT2D eigenvalue weighted by Crippen LogP contribution is 2.07. The summed E-state index contributed by atoms with van der Waals surface area (Å²) in [6.07, 6.45) is 1.05. The Hall–Kier alpha value is -1.07. The molecule has 0 unspecified atom stereocenters. The van der Waals surface area contributed by atoms with Gasteiger partial charge in [-0.2, -0.15) is 0 Å². The molecule has 16 heavy (non-hydrogen) atoms. The van der Waals surface area contributed by atoms with E-state index in [1.54, 1.807) is 25.4 Å². The zero-order chi connectivity index (χ0) is 11.8. The number of amides is 2. The van der Waals surface area contributed by atoms with Gasteiger partial charge in [0, 0.05) is 38.6 Å². The first-order valence-corrected chi connectivity index (χ1v) is 6.26. The van der Waals surface area contributed by atoms with Gasteiger partial charge < -0.3 is 15.5 Å². The SMILES string of the molecule is CN(C)C(=O)NCCNCCc1cccs1. The van der Waals surface area contributed by atoms with Crippen molar-refractivity contribution in [2.45, 2.75) is 6.42 Å². The van der Waals surface area contributed by atoms with Crippen molar-refractivity contribution >= 4 is 17.4 Å². The molecule has 0 fully saturated rings. The molecule has 0 atom stereocenters. The highest BCUT2D eigenvalue weighted by atomic mass is 32.1. The number of nitrogens with one attached hydrogen (secondary N) is 2. The third-order valence-electron chi connectivity index (χ3n) is 2.11. The third kappa shape index (κ3) is 5.14. The van der Waals surface area contributed by atoms with Gasteiger partial charge in [-0.3, -0.25) is 0 Å². The molecule has 0 aromatic carbocycles. The Balaban J connectivity index is 1.94. The van der Waals surface area contributed by atoms with E-state index in [1.807, 2.05) is 0 Å². The molecule has 5 heteroatoms. The zero-order valence-corrected chi connectivity index (χ0v) is 10.6. The van der Waals surface area contributed by atoms with Crippen LogP contribution in [-0.2, 0) is 6.42 Å². The van der Waals surface area contributed by atoms with Crippen molar-refractivity contribution in [2.24, 2.45) is 0 Å². The van der Waals surface area contributed by atoms with Crippen LogP contribution >= 0.6 is 11.3 Å². The van der Waals surface area contributed by atoms with Crippen molar-refractivity contribution in [3.05, 3.63) is 22.4 Å². The van der Waals surface area contributed by atoms with Gasteiger partial charge in [-0.05, 0) is 17.9 Å². The van der Waals surface area contributed by atoms with Crippen LogP contribution in [0.25, 0.3) is 0 Å². The van der Waals surface area contributed by atoms with Crippen molar-refractivity contribution in [2.75, 3.05) is 33.7 Å². The van der Waals surface area contributed by atoms with Gasteiger partial charge in [0.25, 0.3) is 0 Å². The first-order chi connectivity index (χ1) is 7.70. The van der Waals surface area contributed by atoms with Gasteiger partial charge in [0.15, 0.2) is 0 Å². The molecular weight excluding hydrogens is 222 g/mol. The van der Waals surface area contributed by atoms with Crippen LogP contribution in [0.15, 0.2) is 17.5 Å². The second kappa shape index (κ2) is 7.24. The molecule has 1 aromatic rings. The summed E-state index contributed by atoms with van der Waals surface area (Å²) >= 11 is 1.78. The Morgan fingerprint density at radius 3 is 2.81 bits per heavy atom. The molecule has 0 aliphatic carbocycles. The molecule has 1 heterocycles. The molecule has 90 valence electrons. The maximum Gasteiger partial charge on any atom is 0.316 e. The van der Waals surface area contributed by atoms with Crippen LogP contribution in [0.1, 0.15) is 4.88 Å². The molecule has 0 saturated heterocycles. The minimum Gasteiger partial charge on any atom is -0.337 e. The van der Waals surface area contributed by atoms with E-state index < -0.39 is 0 Å². The van der Waals surface area contributed by atoms with Gasteiger partial charge in [-0.15, -0.1) is 11.3 Å². The minimum atomic E-state index is -0.0416. The van der Waals surface area contributed by atoms with E-state index in [9.17, 15) is 4.79 Å². The van der Waals surface area contributed by atoms with E-state index in [0.717, 1.165) is 19.5 Å². The number of nitrogens with zero attached hydrogens (tertiary/aromatic N) is 1. The fourth-order valence-corrected chi connectivity index (χ4v) is 1.92. The fourth-order valence-electron chi connectivity index (χ4n) is 1.21. The van der Waals surface area contributed by atoms with Gasteiger partial charge in [0.05, 0.1) is 0 Å². The summed E-state index contributed by atoms with van der Waals surface area (Å²) < 4.78 is 0. The molecule has 0 saturated carbocycles. The summed E-state index contributed by atoms with van der Waals surface area (Å²) in [5.74, 6) is 0. The van der Waals surface area contributed by atoms with Crippen molar-refractivity contribution in [3.63, 3.8) is 0 Å². The van der Waals surface area contributed by atoms with Crippen LogP contribution in [-0.4, -0.2) is 44.7 Å². The van der Waals surface area contributed by atoms with E-state index in [0.29, 0.717) is 6.54 Å². The molecular formula is C11H19N3OS. The highest BCUT2D eigenvalue weighted by molar-refractivity contribution is 7.09. The smallest absolute Gasteiger partial charge is 0.316 e. The van der Waals surface area contributed by atoms with Crippen LogP contribution in [0.4, 0.5) is 4.79 Å². The maximum atomic E-state index is 11.2. The maximum absolute atomic E-state index is 11.2. The molecule has 0 bridgehead atoms. The Labute approximate surface area is 101 Å². The minimum absolute atomic E-state index is 0.0416. The van der Waals surface area contributed by atoms with Gasteiger partial charge in [-0.25, -0.2) is 4.79 Å². The van der Waals surface area contributed by atoms with E-state index in [4.69, 9.17) is 0 Å². The second-order valence-electron chi connectivity index (χ2n) is 3.71. The highest BCUT2D eigenvalue weighted by Gasteiger charge is 2.00. The molecule has 1 rings (SSSR count). The second-order valence-corrected chi connectivity index (χ2v) is 4.74. The first-order valence-electron chi connectivity index (χ1n) is 5.38. The van der Waals surface area contributed by atoms with Crippen molar-refractivity contribution in [3.8, 4) is 0 Å². The fraction of sp³-hybridized carbons (Fsp3) is 0.545. The quantitative estimate of drug-likeness (QED) is 0.734. The third-order valence-corrected chi connectivity index (χ3v) is 3.05. The van der Waals surface area contributed by atoms with Crippen LogP contribution < -0.4 is 10.6 Å². The van der Waals surface area contributed by atoms with Crippen LogP contribution in [0.2, 0.25) is 0 Å².